The van der Waals surface area contributed by atoms with Gasteiger partial charge >= 0.3 is 0 Å². The standard InChI is InChI=1S/C13H25N/c1-10(2)11(8-13(3,4)5)9-14-12-6-7-12/h8,10,12,14H,6-7,9H2,1-5H3. The van der Waals surface area contributed by atoms with Crippen LogP contribution < -0.4 is 5.32 Å². The summed E-state index contributed by atoms with van der Waals surface area (Å²) in [5.74, 6) is 0.667. The first-order chi connectivity index (χ1) is 6.38. The van der Waals surface area contributed by atoms with Crippen molar-refractivity contribution < 1.29 is 0 Å². The zero-order valence-electron chi connectivity index (χ0n) is 10.4. The molecule has 82 valence electrons. The van der Waals surface area contributed by atoms with Gasteiger partial charge in [-0.15, -0.1) is 0 Å². The minimum atomic E-state index is 0.310. The summed E-state index contributed by atoms with van der Waals surface area (Å²) in [4.78, 5) is 0. The number of hydrogen-bond donors (Lipinski definition) is 1. The van der Waals surface area contributed by atoms with Crippen molar-refractivity contribution in [3.63, 3.8) is 0 Å². The maximum atomic E-state index is 3.59. The normalized spacial score (nSPS) is 19.1. The van der Waals surface area contributed by atoms with E-state index in [0.717, 1.165) is 12.6 Å². The SMILES string of the molecule is CC(C)C(=CC(C)(C)C)CNC1CC1. The molecule has 1 N–H and O–H groups in total. The van der Waals surface area contributed by atoms with Crippen molar-refractivity contribution in [2.45, 2.75) is 53.5 Å². The Labute approximate surface area is 89.0 Å². The number of nitrogens with one attached hydrogen (secondary N) is 1. The molecule has 0 radical (unpaired) electrons. The molecule has 0 heterocycles. The van der Waals surface area contributed by atoms with Gasteiger partial charge in [-0.3, -0.25) is 0 Å². The molecule has 0 unspecified atom stereocenters. The third-order valence-corrected chi connectivity index (χ3v) is 2.53. The highest BCUT2D eigenvalue weighted by molar-refractivity contribution is 5.11. The predicted molar refractivity (Wildman–Crippen MR) is 63.4 cm³/mol. The van der Waals surface area contributed by atoms with Crippen molar-refractivity contribution in [1.82, 2.24) is 5.32 Å². The highest BCUT2D eigenvalue weighted by Gasteiger charge is 2.21. The van der Waals surface area contributed by atoms with Gasteiger partial charge < -0.3 is 5.32 Å². The molecule has 1 rings (SSSR count). The van der Waals surface area contributed by atoms with Crippen molar-refractivity contribution in [2.75, 3.05) is 6.54 Å². The van der Waals surface area contributed by atoms with Gasteiger partial charge in [0, 0.05) is 12.6 Å². The van der Waals surface area contributed by atoms with Crippen LogP contribution >= 0.6 is 0 Å². The Kier molecular flexibility index (Phi) is 3.77. The van der Waals surface area contributed by atoms with E-state index in [1.807, 2.05) is 0 Å². The Morgan fingerprint density at radius 2 is 1.93 bits per heavy atom. The molecule has 1 aliphatic rings. The lowest BCUT2D eigenvalue weighted by atomic mass is 9.89. The van der Waals surface area contributed by atoms with E-state index in [1.54, 1.807) is 5.57 Å². The molecule has 0 atom stereocenters. The molecular formula is C13H25N. The summed E-state index contributed by atoms with van der Waals surface area (Å²) in [6, 6.07) is 0.817. The van der Waals surface area contributed by atoms with Crippen molar-refractivity contribution in [1.29, 1.82) is 0 Å². The minimum Gasteiger partial charge on any atom is -0.310 e. The largest absolute Gasteiger partial charge is 0.310 e. The highest BCUT2D eigenvalue weighted by atomic mass is 14.9. The van der Waals surface area contributed by atoms with Crippen molar-refractivity contribution in [3.8, 4) is 0 Å². The van der Waals surface area contributed by atoms with Gasteiger partial charge in [-0.25, -0.2) is 0 Å². The van der Waals surface area contributed by atoms with Gasteiger partial charge in [0.15, 0.2) is 0 Å². The predicted octanol–water partition coefficient (Wildman–Crippen LogP) is 3.37. The Hall–Kier alpha value is -0.300. The second kappa shape index (κ2) is 4.48. The Morgan fingerprint density at radius 1 is 1.36 bits per heavy atom. The number of allylic oxidation sites excluding steroid dienone is 1. The summed E-state index contributed by atoms with van der Waals surface area (Å²) >= 11 is 0. The van der Waals surface area contributed by atoms with E-state index in [4.69, 9.17) is 0 Å². The van der Waals surface area contributed by atoms with Crippen molar-refractivity contribution in [3.05, 3.63) is 11.6 Å². The van der Waals surface area contributed by atoms with Crippen LogP contribution in [0.15, 0.2) is 11.6 Å². The minimum absolute atomic E-state index is 0.310. The van der Waals surface area contributed by atoms with E-state index in [2.05, 4.69) is 46.0 Å². The van der Waals surface area contributed by atoms with E-state index in [0.29, 0.717) is 11.3 Å². The van der Waals surface area contributed by atoms with E-state index < -0.39 is 0 Å². The number of hydrogen-bond acceptors (Lipinski definition) is 1. The molecule has 0 amide bonds. The van der Waals surface area contributed by atoms with Gasteiger partial charge in [0.25, 0.3) is 0 Å². The Balaban J connectivity index is 2.48. The first kappa shape index (κ1) is 11.8. The molecular weight excluding hydrogens is 170 g/mol. The second-order valence-corrected chi connectivity index (χ2v) is 5.90. The Bertz CT molecular complexity index is 204. The van der Waals surface area contributed by atoms with Gasteiger partial charge in [-0.2, -0.15) is 0 Å². The van der Waals surface area contributed by atoms with Crippen molar-refractivity contribution >= 4 is 0 Å². The average Bonchev–Trinajstić information content (AvgIpc) is 2.78. The van der Waals surface area contributed by atoms with E-state index in [9.17, 15) is 0 Å². The Morgan fingerprint density at radius 3 is 2.29 bits per heavy atom. The lowest BCUT2D eigenvalue weighted by Crippen LogP contribution is -2.22. The van der Waals surface area contributed by atoms with Crippen molar-refractivity contribution in [2.24, 2.45) is 11.3 Å². The van der Waals surface area contributed by atoms with Gasteiger partial charge in [-0.05, 0) is 24.2 Å². The van der Waals surface area contributed by atoms with Crippen LogP contribution in [0, 0.1) is 11.3 Å². The zero-order chi connectivity index (χ0) is 10.8. The van der Waals surface area contributed by atoms with E-state index >= 15 is 0 Å². The lowest BCUT2D eigenvalue weighted by Gasteiger charge is -2.19. The van der Waals surface area contributed by atoms with Crippen LogP contribution in [0.4, 0.5) is 0 Å². The van der Waals surface area contributed by atoms with Crippen LogP contribution in [0.3, 0.4) is 0 Å². The molecule has 0 saturated heterocycles. The fourth-order valence-electron chi connectivity index (χ4n) is 1.53. The quantitative estimate of drug-likeness (QED) is 0.678. The van der Waals surface area contributed by atoms with Crippen LogP contribution in [0.5, 0.6) is 0 Å². The van der Waals surface area contributed by atoms with Gasteiger partial charge in [0.1, 0.15) is 0 Å². The first-order valence-electron chi connectivity index (χ1n) is 5.83. The number of rotatable bonds is 4. The fourth-order valence-corrected chi connectivity index (χ4v) is 1.53. The highest BCUT2D eigenvalue weighted by Crippen LogP contribution is 2.23. The average molecular weight is 195 g/mol. The zero-order valence-corrected chi connectivity index (χ0v) is 10.4. The topological polar surface area (TPSA) is 12.0 Å². The van der Waals surface area contributed by atoms with Gasteiger partial charge in [0.05, 0.1) is 0 Å². The summed E-state index contributed by atoms with van der Waals surface area (Å²) in [5.41, 5.74) is 1.87. The molecule has 1 nitrogen and oxygen atoms in total. The van der Waals surface area contributed by atoms with Crippen LogP contribution in [-0.4, -0.2) is 12.6 Å². The maximum absolute atomic E-state index is 3.59. The van der Waals surface area contributed by atoms with E-state index in [1.165, 1.54) is 12.8 Å². The summed E-state index contributed by atoms with van der Waals surface area (Å²) in [6.45, 7) is 12.5. The first-order valence-corrected chi connectivity index (χ1v) is 5.83. The summed E-state index contributed by atoms with van der Waals surface area (Å²) < 4.78 is 0. The molecule has 0 bridgehead atoms. The molecule has 0 aromatic rings. The van der Waals surface area contributed by atoms with E-state index in [-0.39, 0.29) is 0 Å². The molecule has 1 fully saturated rings. The van der Waals surface area contributed by atoms with Crippen LogP contribution in [0.2, 0.25) is 0 Å². The molecule has 0 spiro atoms. The third kappa shape index (κ3) is 4.80. The molecule has 0 aliphatic heterocycles. The second-order valence-electron chi connectivity index (χ2n) is 5.90. The monoisotopic (exact) mass is 195 g/mol. The summed E-state index contributed by atoms with van der Waals surface area (Å²) in [6.07, 6.45) is 5.18. The maximum Gasteiger partial charge on any atom is 0.0169 e. The van der Waals surface area contributed by atoms with Crippen LogP contribution in [-0.2, 0) is 0 Å². The molecule has 1 saturated carbocycles. The molecule has 1 heteroatoms. The smallest absolute Gasteiger partial charge is 0.0169 e. The molecule has 0 aromatic heterocycles. The van der Waals surface area contributed by atoms with Crippen LogP contribution in [0.1, 0.15) is 47.5 Å². The third-order valence-electron chi connectivity index (χ3n) is 2.53. The molecule has 0 aromatic carbocycles. The van der Waals surface area contributed by atoms with Gasteiger partial charge in [0.2, 0.25) is 0 Å². The van der Waals surface area contributed by atoms with Crippen LogP contribution in [0.25, 0.3) is 0 Å². The fraction of sp³-hybridized carbons (Fsp3) is 0.846. The summed E-state index contributed by atoms with van der Waals surface area (Å²) in [5, 5.41) is 3.59. The van der Waals surface area contributed by atoms with Gasteiger partial charge in [-0.1, -0.05) is 46.3 Å². The summed E-state index contributed by atoms with van der Waals surface area (Å²) in [7, 11) is 0. The lowest BCUT2D eigenvalue weighted by molar-refractivity contribution is 0.523. The molecule has 14 heavy (non-hydrogen) atoms. The molecule has 1 aliphatic carbocycles.